The maximum atomic E-state index is 13.6. The molecule has 2 rings (SSSR count). The van der Waals surface area contributed by atoms with Crippen LogP contribution in [0.1, 0.15) is 23.2 Å². The predicted octanol–water partition coefficient (Wildman–Crippen LogP) is 1.27. The number of hydrogen-bond donors (Lipinski definition) is 0. The van der Waals surface area contributed by atoms with Crippen molar-refractivity contribution in [1.82, 2.24) is 4.90 Å². The van der Waals surface area contributed by atoms with E-state index < -0.39 is 41.0 Å². The number of hydrogen-bond acceptors (Lipinski definition) is 4. The fourth-order valence-corrected chi connectivity index (χ4v) is 2.12. The van der Waals surface area contributed by atoms with Gasteiger partial charge in [0.05, 0.1) is 7.11 Å². The second kappa shape index (κ2) is 5.36. The van der Waals surface area contributed by atoms with Gasteiger partial charge in [-0.1, -0.05) is 6.07 Å². The molecule has 0 aromatic heterocycles. The molecule has 0 radical (unpaired) electrons. The van der Waals surface area contributed by atoms with Crippen molar-refractivity contribution in [3.05, 3.63) is 35.4 Å². The van der Waals surface area contributed by atoms with Gasteiger partial charge in [0.15, 0.2) is 0 Å². The van der Waals surface area contributed by atoms with Gasteiger partial charge in [-0.05, 0) is 18.6 Å². The van der Waals surface area contributed by atoms with Gasteiger partial charge < -0.3 is 4.74 Å². The molecule has 20 heavy (non-hydrogen) atoms. The Labute approximate surface area is 113 Å². The van der Waals surface area contributed by atoms with E-state index in [1.165, 1.54) is 0 Å². The molecule has 1 saturated heterocycles. The summed E-state index contributed by atoms with van der Waals surface area (Å²) in [6.07, 6.45) is 0.0227. The molecule has 1 aromatic carbocycles. The number of rotatable bonds is 2. The summed E-state index contributed by atoms with van der Waals surface area (Å²) >= 11 is 0. The van der Waals surface area contributed by atoms with Crippen molar-refractivity contribution in [2.24, 2.45) is 0 Å². The Kier molecular flexibility index (Phi) is 3.78. The fourth-order valence-electron chi connectivity index (χ4n) is 2.12. The maximum absolute atomic E-state index is 13.6. The lowest BCUT2D eigenvalue weighted by molar-refractivity contribution is -0.147. The van der Waals surface area contributed by atoms with Crippen LogP contribution in [-0.4, -0.2) is 35.8 Å². The summed E-state index contributed by atoms with van der Waals surface area (Å²) in [5.74, 6) is -4.79. The van der Waals surface area contributed by atoms with E-state index in [2.05, 4.69) is 4.74 Å². The first kappa shape index (κ1) is 14.1. The zero-order valence-corrected chi connectivity index (χ0v) is 10.6. The highest BCUT2D eigenvalue weighted by molar-refractivity contribution is 6.09. The first-order valence-corrected chi connectivity index (χ1v) is 5.85. The summed E-state index contributed by atoms with van der Waals surface area (Å²) in [6, 6.07) is 1.78. The molecular formula is C13H11F2NO4. The molecule has 0 N–H and O–H groups in total. The number of ether oxygens (including phenoxy) is 1. The highest BCUT2D eigenvalue weighted by atomic mass is 19.1. The Morgan fingerprint density at radius 1 is 1.30 bits per heavy atom. The van der Waals surface area contributed by atoms with Crippen molar-refractivity contribution in [2.45, 2.75) is 18.9 Å². The molecule has 1 fully saturated rings. The molecule has 0 spiro atoms. The van der Waals surface area contributed by atoms with Gasteiger partial charge in [-0.15, -0.1) is 0 Å². The van der Waals surface area contributed by atoms with E-state index in [-0.39, 0.29) is 12.8 Å². The van der Waals surface area contributed by atoms with Crippen LogP contribution in [0.2, 0.25) is 0 Å². The summed E-state index contributed by atoms with van der Waals surface area (Å²) in [4.78, 5) is 35.9. The Balaban J connectivity index is 2.40. The number of methoxy groups -OCH3 is 1. The summed E-state index contributed by atoms with van der Waals surface area (Å²) in [5, 5.41) is 0. The van der Waals surface area contributed by atoms with Crippen molar-refractivity contribution >= 4 is 17.8 Å². The zero-order valence-electron chi connectivity index (χ0n) is 10.6. The van der Waals surface area contributed by atoms with E-state index >= 15 is 0 Å². The number of carbonyl (C=O) groups excluding carboxylic acids is 3. The van der Waals surface area contributed by atoms with Crippen molar-refractivity contribution in [2.75, 3.05) is 7.11 Å². The van der Waals surface area contributed by atoms with Gasteiger partial charge in [-0.2, -0.15) is 0 Å². The number of nitrogens with zero attached hydrogens (tertiary/aromatic N) is 1. The molecular weight excluding hydrogens is 272 g/mol. The molecule has 0 saturated carbocycles. The molecule has 1 atom stereocenters. The first-order chi connectivity index (χ1) is 9.47. The molecule has 0 unspecified atom stereocenters. The van der Waals surface area contributed by atoms with Crippen LogP contribution in [0.3, 0.4) is 0 Å². The number of amides is 2. The predicted molar refractivity (Wildman–Crippen MR) is 62.6 cm³/mol. The van der Waals surface area contributed by atoms with Gasteiger partial charge in [0, 0.05) is 6.42 Å². The van der Waals surface area contributed by atoms with Gasteiger partial charge in [-0.3, -0.25) is 14.5 Å². The monoisotopic (exact) mass is 283 g/mol. The minimum absolute atomic E-state index is 0.0540. The number of likely N-dealkylation sites (tertiary alicyclic amines) is 1. The Hall–Kier alpha value is -2.31. The molecule has 0 aliphatic carbocycles. The fraction of sp³-hybridized carbons (Fsp3) is 0.308. The number of imide groups is 1. The first-order valence-electron chi connectivity index (χ1n) is 5.85. The van der Waals surface area contributed by atoms with E-state index in [1.54, 1.807) is 0 Å². The van der Waals surface area contributed by atoms with Crippen LogP contribution in [0.25, 0.3) is 0 Å². The second-order valence-corrected chi connectivity index (χ2v) is 4.24. The number of benzene rings is 1. The maximum Gasteiger partial charge on any atom is 0.329 e. The van der Waals surface area contributed by atoms with Crippen molar-refractivity contribution in [3.63, 3.8) is 0 Å². The molecule has 5 nitrogen and oxygen atoms in total. The third-order valence-corrected chi connectivity index (χ3v) is 3.08. The molecule has 1 aliphatic rings. The van der Waals surface area contributed by atoms with Crippen molar-refractivity contribution in [3.8, 4) is 0 Å². The molecule has 1 aromatic rings. The van der Waals surface area contributed by atoms with E-state index in [4.69, 9.17) is 0 Å². The summed E-state index contributed by atoms with van der Waals surface area (Å²) in [6.45, 7) is 0. The lowest BCUT2D eigenvalue weighted by Gasteiger charge is -2.21. The van der Waals surface area contributed by atoms with Crippen molar-refractivity contribution < 1.29 is 27.9 Å². The largest absolute Gasteiger partial charge is 0.467 e. The topological polar surface area (TPSA) is 63.7 Å². The smallest absolute Gasteiger partial charge is 0.329 e. The standard InChI is InChI=1S/C13H11F2NO4/c1-20-13(19)9-5-6-10(17)16(9)12(18)11-7(14)3-2-4-8(11)15/h2-4,9H,5-6H2,1H3/t9-/m0/s1. The van der Waals surface area contributed by atoms with Crippen LogP contribution >= 0.6 is 0 Å². The van der Waals surface area contributed by atoms with Crippen LogP contribution in [0, 0.1) is 11.6 Å². The van der Waals surface area contributed by atoms with Crippen LogP contribution < -0.4 is 0 Å². The molecule has 106 valence electrons. The van der Waals surface area contributed by atoms with Gasteiger partial charge in [-0.25, -0.2) is 13.6 Å². The lowest BCUT2D eigenvalue weighted by atomic mass is 10.1. The molecule has 1 heterocycles. The third kappa shape index (κ3) is 2.26. The van der Waals surface area contributed by atoms with Crippen molar-refractivity contribution in [1.29, 1.82) is 0 Å². The SMILES string of the molecule is COC(=O)[C@@H]1CCC(=O)N1C(=O)c1c(F)cccc1F. The molecule has 1 aliphatic heterocycles. The van der Waals surface area contributed by atoms with Gasteiger partial charge in [0.2, 0.25) is 5.91 Å². The Morgan fingerprint density at radius 2 is 1.90 bits per heavy atom. The third-order valence-electron chi connectivity index (χ3n) is 3.08. The average molecular weight is 283 g/mol. The van der Waals surface area contributed by atoms with Crippen LogP contribution in [0.15, 0.2) is 18.2 Å². The van der Waals surface area contributed by atoms with Crippen LogP contribution in [-0.2, 0) is 14.3 Å². The van der Waals surface area contributed by atoms with Gasteiger partial charge >= 0.3 is 5.97 Å². The van der Waals surface area contributed by atoms with E-state index in [0.29, 0.717) is 4.90 Å². The Bertz CT molecular complexity index is 567. The quantitative estimate of drug-likeness (QED) is 0.605. The number of esters is 1. The number of halogens is 2. The van der Waals surface area contributed by atoms with Crippen LogP contribution in [0.4, 0.5) is 8.78 Å². The summed E-state index contributed by atoms with van der Waals surface area (Å²) in [7, 11) is 1.11. The highest BCUT2D eigenvalue weighted by Gasteiger charge is 2.42. The van der Waals surface area contributed by atoms with E-state index in [9.17, 15) is 23.2 Å². The van der Waals surface area contributed by atoms with E-state index in [0.717, 1.165) is 25.3 Å². The zero-order chi connectivity index (χ0) is 14.9. The minimum Gasteiger partial charge on any atom is -0.467 e. The lowest BCUT2D eigenvalue weighted by Crippen LogP contribution is -2.44. The normalized spacial score (nSPS) is 18.2. The van der Waals surface area contributed by atoms with E-state index in [1.807, 2.05) is 0 Å². The number of carbonyl (C=O) groups is 3. The highest BCUT2D eigenvalue weighted by Crippen LogP contribution is 2.24. The molecule has 7 heteroatoms. The summed E-state index contributed by atoms with van der Waals surface area (Å²) in [5.41, 5.74) is -0.850. The average Bonchev–Trinajstić information content (AvgIpc) is 2.79. The Morgan fingerprint density at radius 3 is 2.45 bits per heavy atom. The molecule has 0 bridgehead atoms. The van der Waals surface area contributed by atoms with Crippen LogP contribution in [0.5, 0.6) is 0 Å². The summed E-state index contributed by atoms with van der Waals surface area (Å²) < 4.78 is 31.6. The van der Waals surface area contributed by atoms with Gasteiger partial charge in [0.25, 0.3) is 5.91 Å². The second-order valence-electron chi connectivity index (χ2n) is 4.24. The molecule has 2 amide bonds. The van der Waals surface area contributed by atoms with Gasteiger partial charge in [0.1, 0.15) is 23.2 Å². The minimum atomic E-state index is -1.17.